The van der Waals surface area contributed by atoms with Gasteiger partial charge in [0.1, 0.15) is 11.5 Å². The fourth-order valence-corrected chi connectivity index (χ4v) is 4.60. The lowest BCUT2D eigenvalue weighted by Gasteiger charge is -2.29. The zero-order valence-electron chi connectivity index (χ0n) is 14.7. The van der Waals surface area contributed by atoms with E-state index in [1.54, 1.807) is 0 Å². The van der Waals surface area contributed by atoms with Crippen molar-refractivity contribution < 1.29 is 9.05 Å². The van der Waals surface area contributed by atoms with E-state index in [0.29, 0.717) is 0 Å². The lowest BCUT2D eigenvalue weighted by Crippen LogP contribution is -2.19. The molecule has 3 aromatic rings. The summed E-state index contributed by atoms with van der Waals surface area (Å²) in [5.41, 5.74) is 3.53. The highest BCUT2D eigenvalue weighted by molar-refractivity contribution is 7.57. The van der Waals surface area contributed by atoms with Crippen LogP contribution in [-0.4, -0.2) is 0 Å². The van der Waals surface area contributed by atoms with Crippen LogP contribution in [0, 0.1) is 0 Å². The van der Waals surface area contributed by atoms with Crippen LogP contribution in [0.3, 0.4) is 0 Å². The van der Waals surface area contributed by atoms with E-state index in [2.05, 4.69) is 57.2 Å². The molecular formula is C22H21O2P. The molecule has 2 nitrogen and oxygen atoms in total. The van der Waals surface area contributed by atoms with Crippen LogP contribution in [0.1, 0.15) is 26.3 Å². The molecule has 25 heavy (non-hydrogen) atoms. The Bertz CT molecular complexity index is 912. The first-order valence-corrected chi connectivity index (χ1v) is 9.66. The summed E-state index contributed by atoms with van der Waals surface area (Å²) in [4.78, 5) is 0. The Labute approximate surface area is 150 Å². The first-order valence-electron chi connectivity index (χ1n) is 8.48. The first-order chi connectivity index (χ1) is 12.0. The predicted octanol–water partition coefficient (Wildman–Crippen LogP) is 6.06. The molecule has 0 saturated heterocycles. The fourth-order valence-electron chi connectivity index (χ4n) is 3.09. The zero-order chi connectivity index (χ0) is 17.4. The number of para-hydroxylation sites is 2. The van der Waals surface area contributed by atoms with Gasteiger partial charge in [-0.15, -0.1) is 0 Å². The molecule has 1 aliphatic rings. The molecule has 1 unspecified atom stereocenters. The van der Waals surface area contributed by atoms with Gasteiger partial charge >= 0.3 is 8.38 Å². The predicted molar refractivity (Wildman–Crippen MR) is 105 cm³/mol. The van der Waals surface area contributed by atoms with Crippen LogP contribution in [0.2, 0.25) is 0 Å². The van der Waals surface area contributed by atoms with E-state index in [0.717, 1.165) is 22.4 Å². The van der Waals surface area contributed by atoms with Gasteiger partial charge in [0.15, 0.2) is 0 Å². The summed E-state index contributed by atoms with van der Waals surface area (Å²) in [6.07, 6.45) is 0. The van der Waals surface area contributed by atoms with Crippen LogP contribution in [0.4, 0.5) is 0 Å². The minimum atomic E-state index is -1.21. The zero-order valence-corrected chi connectivity index (χ0v) is 15.6. The van der Waals surface area contributed by atoms with Gasteiger partial charge in [-0.25, -0.2) is 0 Å². The summed E-state index contributed by atoms with van der Waals surface area (Å²) >= 11 is 0. The van der Waals surface area contributed by atoms with E-state index in [9.17, 15) is 0 Å². The van der Waals surface area contributed by atoms with E-state index in [4.69, 9.17) is 9.05 Å². The van der Waals surface area contributed by atoms with Crippen LogP contribution in [0.25, 0.3) is 11.1 Å². The Morgan fingerprint density at radius 1 is 0.760 bits per heavy atom. The molecule has 0 aromatic heterocycles. The molecule has 1 aliphatic heterocycles. The van der Waals surface area contributed by atoms with Gasteiger partial charge < -0.3 is 9.05 Å². The minimum Gasteiger partial charge on any atom is -0.435 e. The summed E-state index contributed by atoms with van der Waals surface area (Å²) in [5, 5.41) is 1.12. The topological polar surface area (TPSA) is 18.5 Å². The summed E-state index contributed by atoms with van der Waals surface area (Å²) < 4.78 is 12.7. The molecule has 0 radical (unpaired) electrons. The third kappa shape index (κ3) is 3.03. The molecule has 1 atom stereocenters. The van der Waals surface area contributed by atoms with Crippen molar-refractivity contribution in [1.82, 2.24) is 0 Å². The number of hydrogen-bond acceptors (Lipinski definition) is 2. The van der Waals surface area contributed by atoms with Crippen molar-refractivity contribution in [3.05, 3.63) is 78.4 Å². The Morgan fingerprint density at radius 2 is 1.40 bits per heavy atom. The molecule has 4 rings (SSSR count). The van der Waals surface area contributed by atoms with Gasteiger partial charge in [-0.05, 0) is 34.7 Å². The van der Waals surface area contributed by atoms with Gasteiger partial charge in [0.2, 0.25) is 0 Å². The number of fused-ring (bicyclic) bond motifs is 3. The van der Waals surface area contributed by atoms with E-state index in [1.807, 2.05) is 36.4 Å². The Hall–Kier alpha value is -2.31. The fraction of sp³-hybridized carbons (Fsp3) is 0.182. The van der Waals surface area contributed by atoms with Crippen molar-refractivity contribution in [3.8, 4) is 22.6 Å². The van der Waals surface area contributed by atoms with Crippen LogP contribution in [0.15, 0.2) is 72.8 Å². The van der Waals surface area contributed by atoms with Gasteiger partial charge in [0, 0.05) is 5.56 Å². The molecule has 0 aliphatic carbocycles. The van der Waals surface area contributed by atoms with Gasteiger partial charge in [-0.1, -0.05) is 75.4 Å². The highest BCUT2D eigenvalue weighted by Crippen LogP contribution is 2.50. The summed E-state index contributed by atoms with van der Waals surface area (Å²) in [5.74, 6) is 1.79. The molecule has 0 saturated carbocycles. The second-order valence-corrected chi connectivity index (χ2v) is 8.56. The van der Waals surface area contributed by atoms with Crippen molar-refractivity contribution in [2.45, 2.75) is 26.2 Å². The molecule has 3 heteroatoms. The molecule has 126 valence electrons. The summed E-state index contributed by atoms with van der Waals surface area (Å²) in [6, 6.07) is 24.8. The van der Waals surface area contributed by atoms with Crippen LogP contribution in [-0.2, 0) is 5.41 Å². The summed E-state index contributed by atoms with van der Waals surface area (Å²) in [7, 11) is -1.21. The second kappa shape index (κ2) is 6.20. The van der Waals surface area contributed by atoms with Crippen molar-refractivity contribution in [2.24, 2.45) is 0 Å². The Morgan fingerprint density at radius 3 is 2.20 bits per heavy atom. The minimum absolute atomic E-state index is 0.0130. The molecule has 0 N–H and O–H groups in total. The van der Waals surface area contributed by atoms with E-state index >= 15 is 0 Å². The highest BCUT2D eigenvalue weighted by atomic mass is 31.2. The van der Waals surface area contributed by atoms with Gasteiger partial charge in [0.25, 0.3) is 0 Å². The molecule has 1 heterocycles. The molecule has 0 fully saturated rings. The van der Waals surface area contributed by atoms with Crippen LogP contribution in [0.5, 0.6) is 11.5 Å². The van der Waals surface area contributed by atoms with Crippen molar-refractivity contribution in [2.75, 3.05) is 0 Å². The highest BCUT2D eigenvalue weighted by Gasteiger charge is 2.30. The maximum atomic E-state index is 6.44. The smallest absolute Gasteiger partial charge is 0.326 e. The quantitative estimate of drug-likeness (QED) is 0.524. The van der Waals surface area contributed by atoms with Crippen LogP contribution < -0.4 is 14.4 Å². The van der Waals surface area contributed by atoms with Crippen molar-refractivity contribution in [3.63, 3.8) is 0 Å². The maximum Gasteiger partial charge on any atom is 0.326 e. The number of hydrogen-bond donors (Lipinski definition) is 0. The number of benzene rings is 3. The average Bonchev–Trinajstić information content (AvgIpc) is 2.61. The van der Waals surface area contributed by atoms with E-state index in [1.165, 1.54) is 11.1 Å². The lowest BCUT2D eigenvalue weighted by atomic mass is 9.86. The van der Waals surface area contributed by atoms with Gasteiger partial charge in [-0.2, -0.15) is 0 Å². The molecular weight excluding hydrogens is 327 g/mol. The van der Waals surface area contributed by atoms with E-state index in [-0.39, 0.29) is 5.41 Å². The van der Waals surface area contributed by atoms with Crippen molar-refractivity contribution >= 4 is 13.7 Å². The Balaban J connectivity index is 1.77. The third-order valence-corrected chi connectivity index (χ3v) is 5.84. The lowest BCUT2D eigenvalue weighted by molar-refractivity contribution is 0.481. The largest absolute Gasteiger partial charge is 0.435 e. The normalized spacial score (nSPS) is 15.7. The second-order valence-electron chi connectivity index (χ2n) is 7.20. The molecule has 0 amide bonds. The monoisotopic (exact) mass is 348 g/mol. The standard InChI is InChI=1S/C22H21O2P/c1-22(2,3)18-12-6-8-14-20(18)24-25-21-15-9-5-11-17(21)16-10-4-7-13-19(16)23-25/h4-15H,1-3H3. The summed E-state index contributed by atoms with van der Waals surface area (Å²) in [6.45, 7) is 6.61. The van der Waals surface area contributed by atoms with E-state index < -0.39 is 8.38 Å². The Kier molecular flexibility index (Phi) is 4.01. The van der Waals surface area contributed by atoms with Gasteiger partial charge in [-0.3, -0.25) is 0 Å². The van der Waals surface area contributed by atoms with Gasteiger partial charge in [0.05, 0.1) is 5.30 Å². The average molecular weight is 348 g/mol. The number of rotatable bonds is 2. The molecule has 3 aromatic carbocycles. The SMILES string of the molecule is CC(C)(C)c1ccccc1OP1Oc2ccccc2-c2ccccc21. The first kappa shape index (κ1) is 16.2. The third-order valence-electron chi connectivity index (χ3n) is 4.34. The van der Waals surface area contributed by atoms with Crippen molar-refractivity contribution in [1.29, 1.82) is 0 Å². The maximum absolute atomic E-state index is 6.44. The molecule has 0 spiro atoms. The van der Waals surface area contributed by atoms with Crippen LogP contribution >= 0.6 is 8.38 Å². The molecule has 0 bridgehead atoms.